The number of nitrogens with two attached hydrogens (primary N) is 1. The van der Waals surface area contributed by atoms with Gasteiger partial charge in [0, 0.05) is 18.4 Å². The van der Waals surface area contributed by atoms with Gasteiger partial charge in [-0.1, -0.05) is 5.16 Å². The summed E-state index contributed by atoms with van der Waals surface area (Å²) >= 11 is 0. The maximum absolute atomic E-state index is 12.6. The molecule has 1 aliphatic rings. The molecule has 1 fully saturated rings. The lowest BCUT2D eigenvalue weighted by Gasteiger charge is -2.33. The molecule has 0 unspecified atom stereocenters. The van der Waals surface area contributed by atoms with E-state index < -0.39 is 17.7 Å². The van der Waals surface area contributed by atoms with Gasteiger partial charge >= 0.3 is 6.09 Å². The minimum Gasteiger partial charge on any atom is -0.444 e. The summed E-state index contributed by atoms with van der Waals surface area (Å²) in [4.78, 5) is 18.1. The van der Waals surface area contributed by atoms with Crippen LogP contribution in [0.4, 0.5) is 4.79 Å². The summed E-state index contributed by atoms with van der Waals surface area (Å²) in [5, 5.41) is 12.2. The minimum atomic E-state index is -0.671. The highest BCUT2D eigenvalue weighted by molar-refractivity contribution is 5.89. The lowest BCUT2D eigenvalue weighted by molar-refractivity contribution is 0.0189. The number of hydrogen-bond donors (Lipinski definition) is 2. The second-order valence-electron chi connectivity index (χ2n) is 6.33. The van der Waals surface area contributed by atoms with Crippen molar-refractivity contribution in [3.8, 4) is 0 Å². The average Bonchev–Trinajstić information content (AvgIpc) is 3.27. The zero-order valence-electron chi connectivity index (χ0n) is 13.1. The van der Waals surface area contributed by atoms with Crippen molar-refractivity contribution in [2.75, 3.05) is 0 Å². The third-order valence-corrected chi connectivity index (χ3v) is 3.24. The molecule has 3 N–H and O–H groups in total. The molecule has 0 saturated heterocycles. The second-order valence-corrected chi connectivity index (χ2v) is 6.33. The van der Waals surface area contributed by atoms with Crippen molar-refractivity contribution in [3.05, 3.63) is 30.1 Å². The van der Waals surface area contributed by atoms with Crippen molar-refractivity contribution in [2.24, 2.45) is 10.9 Å². The Hall–Kier alpha value is -2.31. The van der Waals surface area contributed by atoms with E-state index >= 15 is 0 Å². The van der Waals surface area contributed by atoms with Crippen LogP contribution in [0.3, 0.4) is 0 Å². The molecule has 1 atom stereocenters. The molecule has 1 saturated carbocycles. The van der Waals surface area contributed by atoms with E-state index in [1.807, 2.05) is 0 Å². The highest BCUT2D eigenvalue weighted by Gasteiger charge is 2.42. The fourth-order valence-electron chi connectivity index (χ4n) is 2.21. The topological polar surface area (TPSA) is 101 Å². The number of ether oxygens (including phenoxy) is 1. The second kappa shape index (κ2) is 6.21. The van der Waals surface area contributed by atoms with Gasteiger partial charge < -0.3 is 15.7 Å². The summed E-state index contributed by atoms with van der Waals surface area (Å²) in [5.74, 6) is -0.0519. The fraction of sp³-hybridized carbons (Fsp3) is 0.533. The van der Waals surface area contributed by atoms with Crippen molar-refractivity contribution in [1.82, 2.24) is 9.88 Å². The third-order valence-electron chi connectivity index (χ3n) is 3.24. The lowest BCUT2D eigenvalue weighted by Crippen LogP contribution is -2.45. The molecule has 120 valence electrons. The van der Waals surface area contributed by atoms with Crippen LogP contribution in [0.15, 0.2) is 29.7 Å². The molecule has 7 nitrogen and oxygen atoms in total. The van der Waals surface area contributed by atoms with Crippen LogP contribution in [-0.2, 0) is 4.74 Å². The molecule has 1 aromatic heterocycles. The number of carbonyl (C=O) groups excluding carboxylic acids is 1. The summed E-state index contributed by atoms with van der Waals surface area (Å²) in [5.41, 5.74) is 5.96. The molecule has 0 bridgehead atoms. The van der Waals surface area contributed by atoms with Crippen LogP contribution < -0.4 is 5.73 Å². The van der Waals surface area contributed by atoms with Crippen LogP contribution in [-0.4, -0.2) is 38.7 Å². The highest BCUT2D eigenvalue weighted by Crippen LogP contribution is 2.35. The largest absolute Gasteiger partial charge is 0.444 e. The first-order valence-electron chi connectivity index (χ1n) is 7.22. The monoisotopic (exact) mass is 306 g/mol. The van der Waals surface area contributed by atoms with Crippen molar-refractivity contribution in [1.29, 1.82) is 0 Å². The number of hydrogen-bond acceptors (Lipinski definition) is 5. The van der Waals surface area contributed by atoms with E-state index in [0.29, 0.717) is 0 Å². The van der Waals surface area contributed by atoms with E-state index in [-0.39, 0.29) is 11.9 Å². The van der Waals surface area contributed by atoms with Gasteiger partial charge in [0.25, 0.3) is 0 Å². The van der Waals surface area contributed by atoms with E-state index in [1.54, 1.807) is 50.2 Å². The van der Waals surface area contributed by atoms with E-state index in [0.717, 1.165) is 18.4 Å². The number of amidine groups is 1. The van der Waals surface area contributed by atoms with Crippen LogP contribution in [0, 0.1) is 0 Å². The van der Waals surface area contributed by atoms with Crippen molar-refractivity contribution >= 4 is 11.9 Å². The Kier molecular flexibility index (Phi) is 4.54. The number of pyridine rings is 1. The van der Waals surface area contributed by atoms with Gasteiger partial charge in [0.2, 0.25) is 0 Å². The molecule has 1 amide bonds. The molecule has 0 aromatic carbocycles. The zero-order valence-corrected chi connectivity index (χ0v) is 13.1. The van der Waals surface area contributed by atoms with Crippen molar-refractivity contribution in [3.63, 3.8) is 0 Å². The number of nitrogens with zero attached hydrogens (tertiary/aromatic N) is 3. The van der Waals surface area contributed by atoms with E-state index in [1.165, 1.54) is 0 Å². The van der Waals surface area contributed by atoms with Gasteiger partial charge in [-0.05, 0) is 51.3 Å². The van der Waals surface area contributed by atoms with Gasteiger partial charge in [-0.15, -0.1) is 0 Å². The van der Waals surface area contributed by atoms with Crippen molar-refractivity contribution < 1.29 is 14.7 Å². The Morgan fingerprint density at radius 3 is 2.50 bits per heavy atom. The SMILES string of the molecule is CC(C)(C)OC(=O)N(C1CC1)[C@H](C(N)=NO)c1ccncc1. The molecule has 1 heterocycles. The molecule has 0 radical (unpaired) electrons. The maximum atomic E-state index is 12.6. The summed E-state index contributed by atoms with van der Waals surface area (Å²) in [6.45, 7) is 5.42. The number of aromatic nitrogens is 1. The predicted octanol–water partition coefficient (Wildman–Crippen LogP) is 2.27. The van der Waals surface area contributed by atoms with Gasteiger partial charge in [-0.25, -0.2) is 4.79 Å². The first-order chi connectivity index (χ1) is 10.3. The first kappa shape index (κ1) is 16.1. The molecule has 1 aromatic rings. The number of amides is 1. The Morgan fingerprint density at radius 1 is 1.45 bits per heavy atom. The molecule has 2 rings (SSSR count). The van der Waals surface area contributed by atoms with Gasteiger partial charge in [0.05, 0.1) is 0 Å². The van der Waals surface area contributed by atoms with Gasteiger partial charge in [0.15, 0.2) is 5.84 Å². The lowest BCUT2D eigenvalue weighted by atomic mass is 10.1. The Bertz CT molecular complexity index is 550. The van der Waals surface area contributed by atoms with Gasteiger partial charge in [0.1, 0.15) is 11.6 Å². The molecular formula is C15H22N4O3. The number of carbonyl (C=O) groups is 1. The normalized spacial score (nSPS) is 17.0. The first-order valence-corrected chi connectivity index (χ1v) is 7.22. The molecule has 22 heavy (non-hydrogen) atoms. The summed E-state index contributed by atoms with van der Waals surface area (Å²) < 4.78 is 5.48. The predicted molar refractivity (Wildman–Crippen MR) is 81.5 cm³/mol. The van der Waals surface area contributed by atoms with Crippen LogP contribution in [0.2, 0.25) is 0 Å². The third kappa shape index (κ3) is 3.87. The molecule has 0 spiro atoms. The summed E-state index contributed by atoms with van der Waals surface area (Å²) in [7, 11) is 0. The number of rotatable bonds is 4. The fourth-order valence-corrected chi connectivity index (χ4v) is 2.21. The van der Waals surface area contributed by atoms with Crippen LogP contribution in [0.5, 0.6) is 0 Å². The quantitative estimate of drug-likeness (QED) is 0.384. The Labute approximate surface area is 129 Å². The highest BCUT2D eigenvalue weighted by atomic mass is 16.6. The Morgan fingerprint density at radius 2 is 2.05 bits per heavy atom. The standard InChI is InChI=1S/C15H22N4O3/c1-15(2,3)22-14(20)19(11-4-5-11)12(13(16)18-21)10-6-8-17-9-7-10/h6-9,11-12,21H,4-5H2,1-3H3,(H2,16,18)/t12-/m0/s1. The maximum Gasteiger partial charge on any atom is 0.411 e. The van der Waals surface area contributed by atoms with E-state index in [4.69, 9.17) is 15.7 Å². The average molecular weight is 306 g/mol. The summed E-state index contributed by atoms with van der Waals surface area (Å²) in [6.07, 6.45) is 4.49. The molecule has 1 aliphatic carbocycles. The molecule has 7 heteroatoms. The zero-order chi connectivity index (χ0) is 16.3. The minimum absolute atomic E-state index is 0.0355. The number of oxime groups is 1. The Balaban J connectivity index is 2.36. The van der Waals surface area contributed by atoms with Crippen LogP contribution >= 0.6 is 0 Å². The molecular weight excluding hydrogens is 284 g/mol. The van der Waals surface area contributed by atoms with Gasteiger partial charge in [-0.2, -0.15) is 0 Å². The van der Waals surface area contributed by atoms with Crippen LogP contribution in [0.25, 0.3) is 0 Å². The van der Waals surface area contributed by atoms with Gasteiger partial charge in [-0.3, -0.25) is 9.88 Å². The van der Waals surface area contributed by atoms with E-state index in [9.17, 15) is 4.79 Å². The van der Waals surface area contributed by atoms with Crippen LogP contribution in [0.1, 0.15) is 45.2 Å². The molecule has 0 aliphatic heterocycles. The smallest absolute Gasteiger partial charge is 0.411 e. The van der Waals surface area contributed by atoms with E-state index in [2.05, 4.69) is 10.1 Å². The van der Waals surface area contributed by atoms with Crippen molar-refractivity contribution in [2.45, 2.75) is 51.3 Å². The summed E-state index contributed by atoms with van der Waals surface area (Å²) in [6, 6.07) is 2.84.